The van der Waals surface area contributed by atoms with Crippen LogP contribution in [-0.4, -0.2) is 31.8 Å². The fourth-order valence-corrected chi connectivity index (χ4v) is 5.48. The van der Waals surface area contributed by atoms with Gasteiger partial charge in [0.2, 0.25) is 10.0 Å². The molecule has 3 aromatic rings. The smallest absolute Gasteiger partial charge is 0.262 e. The van der Waals surface area contributed by atoms with Gasteiger partial charge in [0.05, 0.1) is 4.90 Å². The van der Waals surface area contributed by atoms with Crippen LogP contribution in [0.2, 0.25) is 5.02 Å². The highest BCUT2D eigenvalue weighted by Crippen LogP contribution is 2.27. The number of benzene rings is 3. The number of nitrogens with one attached hydrogen (secondary N) is 1. The van der Waals surface area contributed by atoms with E-state index < -0.39 is 10.0 Å². The Morgan fingerprint density at radius 3 is 2.39 bits per heavy atom. The molecule has 6 nitrogen and oxygen atoms in total. The lowest BCUT2D eigenvalue weighted by Gasteiger charge is -2.28. The minimum Gasteiger partial charge on any atom is -0.484 e. The summed E-state index contributed by atoms with van der Waals surface area (Å²) in [6.45, 7) is 4.47. The Hall–Kier alpha value is -2.87. The molecule has 0 atom stereocenters. The second kappa shape index (κ2) is 9.55. The van der Waals surface area contributed by atoms with Crippen LogP contribution in [-0.2, 0) is 27.8 Å². The van der Waals surface area contributed by atoms with Gasteiger partial charge in [0.25, 0.3) is 5.91 Å². The lowest BCUT2D eigenvalue weighted by molar-refractivity contribution is -0.118. The Balaban J connectivity index is 1.43. The summed E-state index contributed by atoms with van der Waals surface area (Å²) in [5.74, 6) is 0.367. The van der Waals surface area contributed by atoms with Gasteiger partial charge in [-0.3, -0.25) is 4.79 Å². The third-order valence-corrected chi connectivity index (χ3v) is 7.60. The Morgan fingerprint density at radius 1 is 1.00 bits per heavy atom. The van der Waals surface area contributed by atoms with Gasteiger partial charge in [0, 0.05) is 23.8 Å². The maximum atomic E-state index is 13.0. The number of hydrogen-bond donors (Lipinski definition) is 1. The zero-order chi connectivity index (χ0) is 23.6. The summed E-state index contributed by atoms with van der Waals surface area (Å²) in [5.41, 5.74) is 4.68. The molecule has 1 amide bonds. The molecule has 0 radical (unpaired) electrons. The average Bonchev–Trinajstić information content (AvgIpc) is 2.77. The van der Waals surface area contributed by atoms with Crippen molar-refractivity contribution in [2.24, 2.45) is 0 Å². The van der Waals surface area contributed by atoms with E-state index in [1.54, 1.807) is 12.1 Å². The molecule has 1 N–H and O–H groups in total. The van der Waals surface area contributed by atoms with Gasteiger partial charge in [0.15, 0.2) is 6.61 Å². The van der Waals surface area contributed by atoms with Crippen molar-refractivity contribution in [2.75, 3.05) is 18.5 Å². The van der Waals surface area contributed by atoms with E-state index in [1.165, 1.54) is 16.4 Å². The van der Waals surface area contributed by atoms with Gasteiger partial charge in [-0.05, 0) is 91.1 Å². The molecular formula is C25H25ClN2O4S. The minimum atomic E-state index is -3.64. The van der Waals surface area contributed by atoms with Crippen LogP contribution in [0.5, 0.6) is 5.75 Å². The van der Waals surface area contributed by atoms with Crippen molar-refractivity contribution in [3.8, 4) is 5.75 Å². The number of aryl methyl sites for hydroxylation is 2. The van der Waals surface area contributed by atoms with E-state index in [-0.39, 0.29) is 24.0 Å². The Morgan fingerprint density at radius 2 is 1.70 bits per heavy atom. The topological polar surface area (TPSA) is 75.7 Å². The van der Waals surface area contributed by atoms with Crippen LogP contribution in [0.3, 0.4) is 0 Å². The molecule has 0 fully saturated rings. The number of carbonyl (C=O) groups excluding carboxylic acids is 1. The SMILES string of the molecule is Cc1cc(C)cc(OCC(=O)Nc2ccc3c(c2)CN(S(=O)(=O)c2ccc(Cl)cc2)CC3)c1. The van der Waals surface area contributed by atoms with Gasteiger partial charge in [0.1, 0.15) is 5.75 Å². The molecule has 0 unspecified atom stereocenters. The Labute approximate surface area is 199 Å². The first-order chi connectivity index (χ1) is 15.7. The van der Waals surface area contributed by atoms with Crippen molar-refractivity contribution in [2.45, 2.75) is 31.7 Å². The highest BCUT2D eigenvalue weighted by atomic mass is 35.5. The molecule has 3 aromatic carbocycles. The van der Waals surface area contributed by atoms with Crippen LogP contribution in [0.4, 0.5) is 5.69 Å². The summed E-state index contributed by atoms with van der Waals surface area (Å²) >= 11 is 5.89. The van der Waals surface area contributed by atoms with Crippen LogP contribution in [0.15, 0.2) is 65.6 Å². The fraction of sp³-hybridized carbons (Fsp3) is 0.240. The van der Waals surface area contributed by atoms with Gasteiger partial charge in [-0.15, -0.1) is 0 Å². The van der Waals surface area contributed by atoms with Crippen molar-refractivity contribution in [3.05, 3.63) is 87.9 Å². The number of hydrogen-bond acceptors (Lipinski definition) is 4. The van der Waals surface area contributed by atoms with Gasteiger partial charge < -0.3 is 10.1 Å². The molecule has 172 valence electrons. The standard InChI is InChI=1S/C25H25ClN2O4S/c1-17-11-18(2)13-23(12-17)32-16-25(29)27-22-6-3-19-9-10-28(15-20(19)14-22)33(30,31)24-7-4-21(26)5-8-24/h3-8,11-14H,9-10,15-16H2,1-2H3,(H,27,29). The molecule has 8 heteroatoms. The first-order valence-corrected chi connectivity index (χ1v) is 12.4. The Kier molecular flexibility index (Phi) is 6.74. The highest BCUT2D eigenvalue weighted by molar-refractivity contribution is 7.89. The summed E-state index contributed by atoms with van der Waals surface area (Å²) in [6, 6.07) is 17.6. The number of nitrogens with zero attached hydrogens (tertiary/aromatic N) is 1. The number of carbonyl (C=O) groups is 1. The second-order valence-corrected chi connectivity index (χ2v) is 10.6. The first-order valence-electron chi connectivity index (χ1n) is 10.6. The maximum absolute atomic E-state index is 13.0. The molecule has 1 aliphatic heterocycles. The van der Waals surface area contributed by atoms with Gasteiger partial charge in [-0.25, -0.2) is 8.42 Å². The van der Waals surface area contributed by atoms with Crippen LogP contribution in [0, 0.1) is 13.8 Å². The van der Waals surface area contributed by atoms with Crippen LogP contribution in [0.1, 0.15) is 22.3 Å². The molecular weight excluding hydrogens is 460 g/mol. The van der Waals surface area contributed by atoms with Crippen molar-refractivity contribution >= 4 is 33.2 Å². The predicted octanol–water partition coefficient (Wildman–Crippen LogP) is 4.72. The van der Waals surface area contributed by atoms with Crippen LogP contribution >= 0.6 is 11.6 Å². The van der Waals surface area contributed by atoms with E-state index in [4.69, 9.17) is 16.3 Å². The molecule has 0 bridgehead atoms. The molecule has 0 spiro atoms. The zero-order valence-electron chi connectivity index (χ0n) is 18.5. The third-order valence-electron chi connectivity index (χ3n) is 5.48. The quantitative estimate of drug-likeness (QED) is 0.549. The number of ether oxygens (including phenoxy) is 1. The van der Waals surface area contributed by atoms with Crippen LogP contribution < -0.4 is 10.1 Å². The predicted molar refractivity (Wildman–Crippen MR) is 129 cm³/mol. The summed E-state index contributed by atoms with van der Waals surface area (Å²) in [7, 11) is -3.64. The van der Waals surface area contributed by atoms with E-state index in [2.05, 4.69) is 5.32 Å². The van der Waals surface area contributed by atoms with Gasteiger partial charge in [-0.2, -0.15) is 4.31 Å². The zero-order valence-corrected chi connectivity index (χ0v) is 20.0. The molecule has 0 saturated heterocycles. The normalized spacial score (nSPS) is 13.9. The van der Waals surface area contributed by atoms with Gasteiger partial charge in [-0.1, -0.05) is 23.7 Å². The van der Waals surface area contributed by atoms with E-state index in [0.29, 0.717) is 29.4 Å². The van der Waals surface area contributed by atoms with Crippen LogP contribution in [0.25, 0.3) is 0 Å². The molecule has 1 heterocycles. The van der Waals surface area contributed by atoms with Crippen molar-refractivity contribution < 1.29 is 17.9 Å². The van der Waals surface area contributed by atoms with E-state index >= 15 is 0 Å². The Bertz CT molecular complexity index is 1270. The fourth-order valence-electron chi connectivity index (χ4n) is 3.93. The van der Waals surface area contributed by atoms with E-state index in [9.17, 15) is 13.2 Å². The van der Waals surface area contributed by atoms with Crippen molar-refractivity contribution in [1.82, 2.24) is 4.31 Å². The molecule has 0 aromatic heterocycles. The summed E-state index contributed by atoms with van der Waals surface area (Å²) < 4.78 is 33.1. The van der Waals surface area contributed by atoms with E-state index in [0.717, 1.165) is 22.3 Å². The minimum absolute atomic E-state index is 0.114. The largest absolute Gasteiger partial charge is 0.484 e. The molecule has 33 heavy (non-hydrogen) atoms. The van der Waals surface area contributed by atoms with Crippen molar-refractivity contribution in [1.29, 1.82) is 0 Å². The maximum Gasteiger partial charge on any atom is 0.262 e. The number of amides is 1. The lowest BCUT2D eigenvalue weighted by atomic mass is 10.0. The number of halogens is 1. The third kappa shape index (κ3) is 5.55. The number of anilines is 1. The average molecular weight is 485 g/mol. The number of sulfonamides is 1. The van der Waals surface area contributed by atoms with Gasteiger partial charge >= 0.3 is 0 Å². The molecule has 4 rings (SSSR count). The monoisotopic (exact) mass is 484 g/mol. The summed E-state index contributed by atoms with van der Waals surface area (Å²) in [5, 5.41) is 3.32. The first kappa shape index (κ1) is 23.3. The lowest BCUT2D eigenvalue weighted by Crippen LogP contribution is -2.36. The molecule has 1 aliphatic rings. The number of rotatable bonds is 6. The summed E-state index contributed by atoms with van der Waals surface area (Å²) in [4.78, 5) is 12.6. The highest BCUT2D eigenvalue weighted by Gasteiger charge is 2.28. The van der Waals surface area contributed by atoms with Crippen molar-refractivity contribution in [3.63, 3.8) is 0 Å². The summed E-state index contributed by atoms with van der Waals surface area (Å²) in [6.07, 6.45) is 0.603. The molecule has 0 aliphatic carbocycles. The van der Waals surface area contributed by atoms with E-state index in [1.807, 2.05) is 50.2 Å². The second-order valence-electron chi connectivity index (χ2n) is 8.19. The number of fused-ring (bicyclic) bond motifs is 1. The molecule has 0 saturated carbocycles.